The molecule has 0 saturated carbocycles. The van der Waals surface area contributed by atoms with Crippen LogP contribution in [0.25, 0.3) is 0 Å². The molecule has 0 radical (unpaired) electrons. The van der Waals surface area contributed by atoms with Crippen molar-refractivity contribution in [3.63, 3.8) is 0 Å². The Kier molecular flexibility index (Phi) is 5.75. The van der Waals surface area contributed by atoms with Gasteiger partial charge in [-0.25, -0.2) is 0 Å². The predicted octanol–water partition coefficient (Wildman–Crippen LogP) is -0.00660. The second-order valence-corrected chi connectivity index (χ2v) is 5.13. The number of amides is 1. The minimum Gasteiger partial charge on any atom is -0.480 e. The number of carboxylic acid groups (broad SMARTS) is 1. The van der Waals surface area contributed by atoms with Gasteiger partial charge in [0.25, 0.3) is 0 Å². The van der Waals surface area contributed by atoms with E-state index >= 15 is 0 Å². The summed E-state index contributed by atoms with van der Waals surface area (Å²) in [5.41, 5.74) is -0.984. The number of hydrogen-bond acceptors (Lipinski definition) is 4. The van der Waals surface area contributed by atoms with E-state index in [1.807, 2.05) is 20.9 Å². The van der Waals surface area contributed by atoms with E-state index in [1.165, 1.54) is 0 Å². The quantitative estimate of drug-likeness (QED) is 0.711. The number of nitrogens with zero attached hydrogens (tertiary/aromatic N) is 2. The van der Waals surface area contributed by atoms with E-state index in [2.05, 4.69) is 10.2 Å². The fourth-order valence-corrected chi connectivity index (χ4v) is 2.29. The van der Waals surface area contributed by atoms with Crippen molar-refractivity contribution in [2.75, 3.05) is 39.8 Å². The predicted molar refractivity (Wildman–Crippen MR) is 73.0 cm³/mol. The maximum absolute atomic E-state index is 12.1. The van der Waals surface area contributed by atoms with Crippen LogP contribution in [0, 0.1) is 0 Å². The third kappa shape index (κ3) is 3.91. The summed E-state index contributed by atoms with van der Waals surface area (Å²) in [6.45, 7) is 6.92. The van der Waals surface area contributed by atoms with Gasteiger partial charge in [-0.2, -0.15) is 0 Å². The lowest BCUT2D eigenvalue weighted by atomic mass is 9.93. The first-order chi connectivity index (χ1) is 8.95. The Morgan fingerprint density at radius 3 is 2.11 bits per heavy atom. The maximum atomic E-state index is 12.1. The normalized spacial score (nSPS) is 17.5. The third-order valence-electron chi connectivity index (χ3n) is 4.05. The Hall–Kier alpha value is -1.14. The van der Waals surface area contributed by atoms with Gasteiger partial charge in [0, 0.05) is 26.2 Å². The molecular weight excluding hydrogens is 246 g/mol. The molecule has 1 rings (SSSR count). The molecule has 6 heteroatoms. The molecule has 0 aromatic rings. The summed E-state index contributed by atoms with van der Waals surface area (Å²) in [7, 11) is 2.03. The molecule has 2 N–H and O–H groups in total. The van der Waals surface area contributed by atoms with Gasteiger partial charge in [0.1, 0.15) is 5.54 Å². The van der Waals surface area contributed by atoms with Crippen molar-refractivity contribution in [3.8, 4) is 0 Å². The number of likely N-dealkylation sites (N-methyl/N-ethyl adjacent to an activating group) is 1. The molecule has 1 saturated heterocycles. The number of piperazine rings is 1. The highest BCUT2D eigenvalue weighted by Gasteiger charge is 2.35. The molecule has 1 fully saturated rings. The van der Waals surface area contributed by atoms with E-state index in [9.17, 15) is 14.7 Å². The topological polar surface area (TPSA) is 72.9 Å². The Labute approximate surface area is 114 Å². The number of aliphatic carboxylic acids is 1. The zero-order valence-corrected chi connectivity index (χ0v) is 12.1. The molecule has 0 atom stereocenters. The molecular formula is C13H25N3O3. The van der Waals surface area contributed by atoms with Crippen LogP contribution in [0.3, 0.4) is 0 Å². The van der Waals surface area contributed by atoms with Gasteiger partial charge in [-0.3, -0.25) is 14.9 Å². The maximum Gasteiger partial charge on any atom is 0.323 e. The van der Waals surface area contributed by atoms with Crippen molar-refractivity contribution < 1.29 is 14.7 Å². The fraction of sp³-hybridized carbons (Fsp3) is 0.846. The van der Waals surface area contributed by atoms with Crippen molar-refractivity contribution in [2.24, 2.45) is 0 Å². The number of carbonyl (C=O) groups excluding carboxylic acids is 1. The highest BCUT2D eigenvalue weighted by molar-refractivity contribution is 5.82. The van der Waals surface area contributed by atoms with Crippen molar-refractivity contribution >= 4 is 11.9 Å². The van der Waals surface area contributed by atoms with Crippen LogP contribution in [0.2, 0.25) is 0 Å². The highest BCUT2D eigenvalue weighted by atomic mass is 16.4. The summed E-state index contributed by atoms with van der Waals surface area (Å²) in [6.07, 6.45) is 0.934. The number of carbonyl (C=O) groups is 2. The van der Waals surface area contributed by atoms with Gasteiger partial charge in [-0.1, -0.05) is 13.8 Å². The third-order valence-corrected chi connectivity index (χ3v) is 4.05. The molecule has 19 heavy (non-hydrogen) atoms. The summed E-state index contributed by atoms with van der Waals surface area (Å²) in [5, 5.41) is 12.2. The van der Waals surface area contributed by atoms with Crippen LogP contribution in [-0.2, 0) is 9.59 Å². The molecule has 1 heterocycles. The average molecular weight is 271 g/mol. The average Bonchev–Trinajstić information content (AvgIpc) is 2.40. The largest absolute Gasteiger partial charge is 0.480 e. The molecule has 0 bridgehead atoms. The van der Waals surface area contributed by atoms with E-state index in [1.54, 1.807) is 4.90 Å². The Morgan fingerprint density at radius 2 is 1.68 bits per heavy atom. The summed E-state index contributed by atoms with van der Waals surface area (Å²) in [6, 6.07) is 0. The molecule has 1 aliphatic heterocycles. The first kappa shape index (κ1) is 15.9. The van der Waals surface area contributed by atoms with E-state index in [0.717, 1.165) is 26.2 Å². The minimum absolute atomic E-state index is 0.0133. The first-order valence-corrected chi connectivity index (χ1v) is 6.90. The van der Waals surface area contributed by atoms with Gasteiger partial charge in [0.05, 0.1) is 6.54 Å². The van der Waals surface area contributed by atoms with Crippen LogP contribution in [0.15, 0.2) is 0 Å². The van der Waals surface area contributed by atoms with E-state index in [-0.39, 0.29) is 12.5 Å². The summed E-state index contributed by atoms with van der Waals surface area (Å²) < 4.78 is 0. The highest BCUT2D eigenvalue weighted by Crippen LogP contribution is 2.15. The first-order valence-electron chi connectivity index (χ1n) is 6.90. The zero-order valence-electron chi connectivity index (χ0n) is 12.1. The monoisotopic (exact) mass is 271 g/mol. The summed E-state index contributed by atoms with van der Waals surface area (Å²) in [5.74, 6) is -0.899. The molecule has 6 nitrogen and oxygen atoms in total. The number of carboxylic acids is 1. The van der Waals surface area contributed by atoms with Crippen LogP contribution in [0.5, 0.6) is 0 Å². The van der Waals surface area contributed by atoms with E-state index in [4.69, 9.17) is 0 Å². The van der Waals surface area contributed by atoms with Gasteiger partial charge >= 0.3 is 5.97 Å². The molecule has 0 aliphatic carbocycles. The molecule has 110 valence electrons. The summed E-state index contributed by atoms with van der Waals surface area (Å²) >= 11 is 0. The van der Waals surface area contributed by atoms with Gasteiger partial charge in [0.15, 0.2) is 0 Å². The second kappa shape index (κ2) is 6.86. The fourth-order valence-electron chi connectivity index (χ4n) is 2.29. The zero-order chi connectivity index (χ0) is 14.5. The molecule has 1 aliphatic rings. The lowest BCUT2D eigenvalue weighted by molar-refractivity contribution is -0.145. The summed E-state index contributed by atoms with van der Waals surface area (Å²) in [4.78, 5) is 27.4. The second-order valence-electron chi connectivity index (χ2n) is 5.13. The van der Waals surface area contributed by atoms with Gasteiger partial charge in [0.2, 0.25) is 5.91 Å². The SMILES string of the molecule is CCC(CC)(NCC(=O)N1CCN(C)CC1)C(=O)O. The van der Waals surface area contributed by atoms with Gasteiger partial charge < -0.3 is 14.9 Å². The Morgan fingerprint density at radius 1 is 1.16 bits per heavy atom. The molecule has 0 aromatic carbocycles. The molecule has 0 unspecified atom stereocenters. The standard InChI is InChI=1S/C13H25N3O3/c1-4-13(5-2,12(18)19)14-10-11(17)16-8-6-15(3)7-9-16/h14H,4-10H2,1-3H3,(H,18,19). The lowest BCUT2D eigenvalue weighted by Crippen LogP contribution is -2.56. The lowest BCUT2D eigenvalue weighted by Gasteiger charge is -2.34. The molecule has 1 amide bonds. The van der Waals surface area contributed by atoms with Gasteiger partial charge in [-0.05, 0) is 19.9 Å². The van der Waals surface area contributed by atoms with Crippen molar-refractivity contribution in [3.05, 3.63) is 0 Å². The van der Waals surface area contributed by atoms with E-state index < -0.39 is 11.5 Å². The Bertz CT molecular complexity index is 321. The van der Waals surface area contributed by atoms with Crippen LogP contribution < -0.4 is 5.32 Å². The van der Waals surface area contributed by atoms with E-state index in [0.29, 0.717) is 12.8 Å². The van der Waals surface area contributed by atoms with Crippen LogP contribution in [0.1, 0.15) is 26.7 Å². The number of hydrogen-bond donors (Lipinski definition) is 2. The number of nitrogens with one attached hydrogen (secondary N) is 1. The molecule has 0 spiro atoms. The smallest absolute Gasteiger partial charge is 0.323 e. The van der Waals surface area contributed by atoms with Crippen molar-refractivity contribution in [1.29, 1.82) is 0 Å². The van der Waals surface area contributed by atoms with Crippen LogP contribution in [-0.4, -0.2) is 72.1 Å². The van der Waals surface area contributed by atoms with Gasteiger partial charge in [-0.15, -0.1) is 0 Å². The van der Waals surface area contributed by atoms with Crippen LogP contribution >= 0.6 is 0 Å². The minimum atomic E-state index is -0.984. The number of rotatable bonds is 6. The van der Waals surface area contributed by atoms with Crippen LogP contribution in [0.4, 0.5) is 0 Å². The molecule has 0 aromatic heterocycles. The Balaban J connectivity index is 2.50. The van der Waals surface area contributed by atoms with Crippen molar-refractivity contribution in [2.45, 2.75) is 32.2 Å². The van der Waals surface area contributed by atoms with Crippen molar-refractivity contribution in [1.82, 2.24) is 15.1 Å².